The Morgan fingerprint density at radius 1 is 0.429 bits per heavy atom. The predicted molar refractivity (Wildman–Crippen MR) is 113 cm³/mol. The van der Waals surface area contributed by atoms with Gasteiger partial charge in [0.15, 0.2) is 0 Å². The van der Waals surface area contributed by atoms with Crippen LogP contribution < -0.4 is 33.0 Å². The molecule has 0 atom stereocenters. The molecule has 0 spiro atoms. The van der Waals surface area contributed by atoms with Crippen LogP contribution in [0.4, 0.5) is 0 Å². The molecule has 0 bridgehead atoms. The zero-order chi connectivity index (χ0) is 19.8. The maximum Gasteiger partial charge on any atom is 0.330 e. The lowest BCUT2D eigenvalue weighted by Gasteiger charge is -2.18. The maximum atomic E-state index is 10.2. The lowest BCUT2D eigenvalue weighted by molar-refractivity contribution is 0.888. The number of hydrogen-bond acceptors (Lipinski definition) is 3. The van der Waals surface area contributed by atoms with Crippen molar-refractivity contribution in [2.24, 2.45) is 0 Å². The topological polar surface area (TPSA) is 98.6 Å². The molecule has 0 aliphatic heterocycles. The average molecular weight is 391 g/mol. The van der Waals surface area contributed by atoms with Gasteiger partial charge in [0.25, 0.3) is 0 Å². The van der Waals surface area contributed by atoms with Crippen LogP contribution in [0.5, 0.6) is 0 Å². The van der Waals surface area contributed by atoms with Crippen LogP contribution in [0.1, 0.15) is 0 Å². The number of benzene rings is 3. The monoisotopic (exact) mass is 391 g/mol. The van der Waals surface area contributed by atoms with Crippen molar-refractivity contribution in [3.05, 3.63) is 122 Å². The molecule has 0 fully saturated rings. The number of H-pyrrole nitrogens is 3. The summed E-state index contributed by atoms with van der Waals surface area (Å²) in [5.41, 5.74) is -2.41. The first-order chi connectivity index (χ1) is 13.6. The Labute approximate surface area is 161 Å². The summed E-state index contributed by atoms with van der Waals surface area (Å²) in [6.45, 7) is 0. The van der Waals surface area contributed by atoms with Crippen LogP contribution in [-0.4, -0.2) is 15.0 Å². The standard InChI is InChI=1S/C18H15P.C3H3N3O3/c1-4-10-16(11-5-1)19(17-12-6-2-7-13-17)18-14-8-3-9-15-18;7-1-4-2(8)6-3(9)5-1/h1-15H;(H3,4,5,6,7,8,9). The van der Waals surface area contributed by atoms with Gasteiger partial charge in [0.05, 0.1) is 0 Å². The van der Waals surface area contributed by atoms with Crippen molar-refractivity contribution in [3.8, 4) is 0 Å². The Bertz CT molecular complexity index is 998. The van der Waals surface area contributed by atoms with Crippen molar-refractivity contribution < 1.29 is 0 Å². The number of hydrogen-bond donors (Lipinski definition) is 3. The Hall–Kier alpha value is -3.50. The molecule has 4 aromatic rings. The lowest BCUT2D eigenvalue weighted by Crippen LogP contribution is -2.34. The van der Waals surface area contributed by atoms with Crippen molar-refractivity contribution in [3.63, 3.8) is 0 Å². The highest BCUT2D eigenvalue weighted by molar-refractivity contribution is 7.79. The summed E-state index contributed by atoms with van der Waals surface area (Å²) in [5.74, 6) is 0. The molecule has 0 amide bonds. The summed E-state index contributed by atoms with van der Waals surface area (Å²) >= 11 is 0. The number of nitrogens with one attached hydrogen (secondary N) is 3. The summed E-state index contributed by atoms with van der Waals surface area (Å²) in [7, 11) is -0.446. The minimum atomic E-state index is -0.802. The van der Waals surface area contributed by atoms with Crippen molar-refractivity contribution >= 4 is 23.8 Å². The van der Waals surface area contributed by atoms with Gasteiger partial charge in [-0.25, -0.2) is 14.4 Å². The first-order valence-corrected chi connectivity index (χ1v) is 9.86. The fourth-order valence-electron chi connectivity index (χ4n) is 2.58. The van der Waals surface area contributed by atoms with E-state index in [-0.39, 0.29) is 0 Å². The minimum Gasteiger partial charge on any atom is -0.259 e. The Kier molecular flexibility index (Phi) is 6.50. The van der Waals surface area contributed by atoms with E-state index in [2.05, 4.69) is 91.0 Å². The molecule has 0 aliphatic carbocycles. The van der Waals surface area contributed by atoms with Gasteiger partial charge in [0.1, 0.15) is 0 Å². The van der Waals surface area contributed by atoms with Gasteiger partial charge in [-0.1, -0.05) is 91.0 Å². The first kappa shape index (κ1) is 19.3. The highest BCUT2D eigenvalue weighted by atomic mass is 31.1. The highest BCUT2D eigenvalue weighted by Crippen LogP contribution is 2.32. The molecule has 3 aromatic carbocycles. The third-order valence-corrected chi connectivity index (χ3v) is 6.17. The SMILES string of the molecule is O=c1[nH]c(=O)[nH]c(=O)[nH]1.c1ccc(P(c2ccccc2)c2ccccc2)cc1. The van der Waals surface area contributed by atoms with E-state index in [9.17, 15) is 14.4 Å². The summed E-state index contributed by atoms with van der Waals surface area (Å²) in [5, 5.41) is 4.19. The molecule has 0 saturated carbocycles. The fraction of sp³-hybridized carbons (Fsp3) is 0. The van der Waals surface area contributed by atoms with Gasteiger partial charge >= 0.3 is 17.1 Å². The molecule has 4 rings (SSSR count). The molecule has 6 nitrogen and oxygen atoms in total. The van der Waals surface area contributed by atoms with E-state index in [4.69, 9.17) is 0 Å². The first-order valence-electron chi connectivity index (χ1n) is 8.52. The summed E-state index contributed by atoms with van der Waals surface area (Å²) in [4.78, 5) is 35.9. The second-order valence-corrected chi connectivity index (χ2v) is 7.92. The zero-order valence-electron chi connectivity index (χ0n) is 14.8. The van der Waals surface area contributed by atoms with Gasteiger partial charge in [-0.2, -0.15) is 0 Å². The van der Waals surface area contributed by atoms with Gasteiger partial charge in [0, 0.05) is 0 Å². The molecular weight excluding hydrogens is 373 g/mol. The van der Waals surface area contributed by atoms with E-state index < -0.39 is 25.0 Å². The highest BCUT2D eigenvalue weighted by Gasteiger charge is 2.14. The van der Waals surface area contributed by atoms with E-state index in [0.29, 0.717) is 0 Å². The largest absolute Gasteiger partial charge is 0.330 e. The Morgan fingerprint density at radius 2 is 0.679 bits per heavy atom. The number of aromatic nitrogens is 3. The van der Waals surface area contributed by atoms with E-state index in [0.717, 1.165) is 0 Å². The molecule has 0 radical (unpaired) electrons. The van der Waals surface area contributed by atoms with Gasteiger partial charge in [-0.15, -0.1) is 0 Å². The summed E-state index contributed by atoms with van der Waals surface area (Å²) < 4.78 is 0. The Morgan fingerprint density at radius 3 is 0.929 bits per heavy atom. The van der Waals surface area contributed by atoms with Crippen LogP contribution in [0.15, 0.2) is 105 Å². The second-order valence-electron chi connectivity index (χ2n) is 5.70. The van der Waals surface area contributed by atoms with Crippen LogP contribution >= 0.6 is 7.92 Å². The maximum absolute atomic E-state index is 10.2. The second kappa shape index (κ2) is 9.44. The number of aromatic amines is 3. The molecule has 1 heterocycles. The molecule has 7 heteroatoms. The molecule has 28 heavy (non-hydrogen) atoms. The van der Waals surface area contributed by atoms with E-state index in [1.807, 2.05) is 0 Å². The van der Waals surface area contributed by atoms with E-state index in [1.165, 1.54) is 15.9 Å². The Balaban J connectivity index is 0.000000211. The van der Waals surface area contributed by atoms with Crippen LogP contribution in [0, 0.1) is 0 Å². The molecule has 0 unspecified atom stereocenters. The minimum absolute atomic E-state index is 0.446. The van der Waals surface area contributed by atoms with Gasteiger partial charge in [-0.05, 0) is 23.8 Å². The fourth-order valence-corrected chi connectivity index (χ4v) is 4.89. The van der Waals surface area contributed by atoms with Gasteiger partial charge in [-0.3, -0.25) is 15.0 Å². The third kappa shape index (κ3) is 5.25. The smallest absolute Gasteiger partial charge is 0.259 e. The van der Waals surface area contributed by atoms with Crippen molar-refractivity contribution in [2.75, 3.05) is 0 Å². The van der Waals surface area contributed by atoms with Crippen LogP contribution in [0.3, 0.4) is 0 Å². The summed E-state index contributed by atoms with van der Waals surface area (Å²) in [6.07, 6.45) is 0. The van der Waals surface area contributed by atoms with Crippen LogP contribution in [-0.2, 0) is 0 Å². The summed E-state index contributed by atoms with van der Waals surface area (Å²) in [6, 6.07) is 32.3. The molecule has 1 aromatic heterocycles. The average Bonchev–Trinajstić information content (AvgIpc) is 2.70. The lowest BCUT2D eigenvalue weighted by atomic mass is 10.4. The van der Waals surface area contributed by atoms with Crippen molar-refractivity contribution in [1.82, 2.24) is 15.0 Å². The van der Waals surface area contributed by atoms with Crippen molar-refractivity contribution in [2.45, 2.75) is 0 Å². The predicted octanol–water partition coefficient (Wildman–Crippen LogP) is 1.20. The van der Waals surface area contributed by atoms with Gasteiger partial charge in [0.2, 0.25) is 0 Å². The van der Waals surface area contributed by atoms with Crippen LogP contribution in [0.2, 0.25) is 0 Å². The zero-order valence-corrected chi connectivity index (χ0v) is 15.7. The van der Waals surface area contributed by atoms with E-state index in [1.54, 1.807) is 15.0 Å². The van der Waals surface area contributed by atoms with Crippen molar-refractivity contribution in [1.29, 1.82) is 0 Å². The van der Waals surface area contributed by atoms with Crippen LogP contribution in [0.25, 0.3) is 0 Å². The normalized spacial score (nSPS) is 10.2. The molecule has 0 aliphatic rings. The van der Waals surface area contributed by atoms with E-state index >= 15 is 0 Å². The molecule has 0 saturated heterocycles. The molecular formula is C21H18N3O3P. The molecule has 3 N–H and O–H groups in total. The third-order valence-electron chi connectivity index (χ3n) is 3.72. The van der Waals surface area contributed by atoms with Gasteiger partial charge < -0.3 is 0 Å². The quantitative estimate of drug-likeness (QED) is 0.458. The number of rotatable bonds is 3. The molecule has 140 valence electrons.